The summed E-state index contributed by atoms with van der Waals surface area (Å²) in [5.74, 6) is -0.184. The highest BCUT2D eigenvalue weighted by Gasteiger charge is 2.20. The number of fused-ring (bicyclic) bond motifs is 1. The van der Waals surface area contributed by atoms with Crippen LogP contribution in [-0.2, 0) is 16.0 Å². The fraction of sp³-hybridized carbons (Fsp3) is 0.609. The Balaban J connectivity index is 1.53. The summed E-state index contributed by atoms with van der Waals surface area (Å²) in [4.78, 5) is 15.4. The van der Waals surface area contributed by atoms with E-state index in [0.717, 1.165) is 29.3 Å². The molecular weight excluding hydrogens is 336 g/mol. The van der Waals surface area contributed by atoms with Gasteiger partial charge in [0.25, 0.3) is 0 Å². The van der Waals surface area contributed by atoms with Gasteiger partial charge in [-0.25, -0.2) is 4.79 Å². The van der Waals surface area contributed by atoms with Gasteiger partial charge in [-0.3, -0.25) is 0 Å². The van der Waals surface area contributed by atoms with Gasteiger partial charge in [-0.15, -0.1) is 0 Å². The zero-order valence-corrected chi connectivity index (χ0v) is 17.0. The van der Waals surface area contributed by atoms with Gasteiger partial charge in [0.15, 0.2) is 6.04 Å². The van der Waals surface area contributed by atoms with Crippen molar-refractivity contribution in [3.8, 4) is 0 Å². The molecule has 4 heteroatoms. The fourth-order valence-electron chi connectivity index (χ4n) is 3.53. The fourth-order valence-corrected chi connectivity index (χ4v) is 3.53. The van der Waals surface area contributed by atoms with Crippen LogP contribution in [0, 0.1) is 0 Å². The van der Waals surface area contributed by atoms with Crippen LogP contribution in [0.5, 0.6) is 0 Å². The lowest BCUT2D eigenvalue weighted by Crippen LogP contribution is -2.66. The number of aromatic nitrogens is 1. The van der Waals surface area contributed by atoms with Crippen LogP contribution in [0.15, 0.2) is 30.5 Å². The minimum absolute atomic E-state index is 0.184. The number of hydrogen-bond donors (Lipinski definition) is 2. The molecule has 0 fully saturated rings. The Morgan fingerprint density at radius 3 is 2.33 bits per heavy atom. The first-order valence-corrected chi connectivity index (χ1v) is 10.8. The molecule has 1 atom stereocenters. The first kappa shape index (κ1) is 21.5. The van der Waals surface area contributed by atoms with Gasteiger partial charge in [-0.2, -0.15) is 0 Å². The molecule has 1 aromatic heterocycles. The molecule has 1 unspecified atom stereocenters. The van der Waals surface area contributed by atoms with E-state index < -0.39 is 0 Å². The van der Waals surface area contributed by atoms with Gasteiger partial charge >= 0.3 is 5.97 Å². The first-order valence-electron chi connectivity index (χ1n) is 10.8. The number of rotatable bonds is 14. The molecular formula is C23H37N2O2+. The summed E-state index contributed by atoms with van der Waals surface area (Å²) in [5, 5.41) is 1.16. The largest absolute Gasteiger partial charge is 0.461 e. The number of carbonyl (C=O) groups is 1. The minimum atomic E-state index is -0.354. The number of para-hydroxylation sites is 1. The van der Waals surface area contributed by atoms with E-state index in [0.29, 0.717) is 13.0 Å². The van der Waals surface area contributed by atoms with E-state index in [1.54, 1.807) is 0 Å². The average molecular weight is 374 g/mol. The summed E-state index contributed by atoms with van der Waals surface area (Å²) in [7, 11) is 0. The van der Waals surface area contributed by atoms with E-state index in [1.165, 1.54) is 51.4 Å². The second kappa shape index (κ2) is 12.6. The number of H-pyrrole nitrogens is 1. The lowest BCUT2D eigenvalue weighted by atomic mass is 10.1. The van der Waals surface area contributed by atoms with E-state index in [-0.39, 0.29) is 12.0 Å². The quantitative estimate of drug-likeness (QED) is 0.369. The first-order chi connectivity index (χ1) is 13.2. The number of quaternary nitrogens is 1. The van der Waals surface area contributed by atoms with Gasteiger partial charge in [-0.05, 0) is 18.1 Å². The van der Waals surface area contributed by atoms with E-state index in [2.05, 4.69) is 23.7 Å². The van der Waals surface area contributed by atoms with E-state index in [9.17, 15) is 4.79 Å². The number of benzene rings is 1. The molecule has 4 nitrogen and oxygen atoms in total. The molecule has 150 valence electrons. The van der Waals surface area contributed by atoms with Crippen LogP contribution in [-0.4, -0.2) is 23.6 Å². The third-order valence-corrected chi connectivity index (χ3v) is 5.22. The van der Waals surface area contributed by atoms with Crippen molar-refractivity contribution in [3.63, 3.8) is 0 Å². The van der Waals surface area contributed by atoms with Gasteiger partial charge in [0, 0.05) is 23.5 Å². The number of ether oxygens (including phenoxy) is 1. The number of aromatic amines is 1. The highest BCUT2D eigenvalue weighted by atomic mass is 16.5. The smallest absolute Gasteiger partial charge is 0.365 e. The van der Waals surface area contributed by atoms with Gasteiger partial charge in [0.1, 0.15) is 0 Å². The molecule has 0 saturated heterocycles. The molecule has 2 rings (SSSR count). The normalized spacial score (nSPS) is 12.4. The molecule has 1 heterocycles. The molecule has 4 N–H and O–H groups in total. The second-order valence-electron chi connectivity index (χ2n) is 7.61. The van der Waals surface area contributed by atoms with Gasteiger partial charge < -0.3 is 15.5 Å². The van der Waals surface area contributed by atoms with E-state index >= 15 is 0 Å². The summed E-state index contributed by atoms with van der Waals surface area (Å²) < 4.78 is 5.43. The van der Waals surface area contributed by atoms with Crippen LogP contribution in [0.25, 0.3) is 10.9 Å². The summed E-state index contributed by atoms with van der Waals surface area (Å²) >= 11 is 0. The van der Waals surface area contributed by atoms with Crippen molar-refractivity contribution in [2.45, 2.75) is 83.6 Å². The Labute approximate surface area is 163 Å². The third-order valence-electron chi connectivity index (χ3n) is 5.22. The summed E-state index contributed by atoms with van der Waals surface area (Å²) in [6.07, 6.45) is 15.4. The summed E-state index contributed by atoms with van der Waals surface area (Å²) in [6.45, 7) is 2.78. The Hall–Kier alpha value is -1.81. The van der Waals surface area contributed by atoms with Crippen LogP contribution in [0.1, 0.15) is 76.7 Å². The van der Waals surface area contributed by atoms with Crippen molar-refractivity contribution >= 4 is 16.9 Å². The van der Waals surface area contributed by atoms with Crippen LogP contribution < -0.4 is 5.73 Å². The molecule has 0 amide bonds. The Bertz CT molecular complexity index is 665. The zero-order valence-electron chi connectivity index (χ0n) is 17.0. The maximum Gasteiger partial charge on any atom is 0.365 e. The lowest BCUT2D eigenvalue weighted by molar-refractivity contribution is -0.407. The predicted molar refractivity (Wildman–Crippen MR) is 111 cm³/mol. The van der Waals surface area contributed by atoms with Crippen molar-refractivity contribution in [2.24, 2.45) is 0 Å². The average Bonchev–Trinajstić information content (AvgIpc) is 3.09. The highest BCUT2D eigenvalue weighted by molar-refractivity contribution is 5.84. The molecule has 1 aromatic carbocycles. The number of esters is 1. The lowest BCUT2D eigenvalue weighted by Gasteiger charge is -2.09. The summed E-state index contributed by atoms with van der Waals surface area (Å²) in [6, 6.07) is 7.78. The highest BCUT2D eigenvalue weighted by Crippen LogP contribution is 2.18. The van der Waals surface area contributed by atoms with E-state index in [1.807, 2.05) is 24.4 Å². The number of carbonyl (C=O) groups excluding carboxylic acids is 1. The maximum absolute atomic E-state index is 12.2. The monoisotopic (exact) mass is 373 g/mol. The number of nitrogens with one attached hydrogen (secondary N) is 1. The van der Waals surface area contributed by atoms with Crippen molar-refractivity contribution in [2.75, 3.05) is 6.61 Å². The molecule has 0 bridgehead atoms. The van der Waals surface area contributed by atoms with Crippen molar-refractivity contribution < 1.29 is 15.3 Å². The van der Waals surface area contributed by atoms with Crippen molar-refractivity contribution in [1.29, 1.82) is 0 Å². The molecule has 0 aliphatic rings. The van der Waals surface area contributed by atoms with Gasteiger partial charge in [0.05, 0.1) is 6.61 Å². The zero-order chi connectivity index (χ0) is 19.3. The third kappa shape index (κ3) is 7.76. The SMILES string of the molecule is CCCCCCCCCCCCOC(=O)C([NH3+])Cc1c[nH]c2ccccc12. The molecule has 2 aromatic rings. The van der Waals surface area contributed by atoms with Crippen LogP contribution in [0.4, 0.5) is 0 Å². The topological polar surface area (TPSA) is 69.7 Å². The number of hydrogen-bond acceptors (Lipinski definition) is 2. The molecule has 0 radical (unpaired) electrons. The Kier molecular flexibility index (Phi) is 9.99. The molecule has 0 spiro atoms. The standard InChI is InChI=1S/C23H36N2O2/c1-2-3-4-5-6-7-8-9-10-13-16-27-23(26)21(24)17-19-18-25-22-15-12-11-14-20(19)22/h11-12,14-15,18,21,25H,2-10,13,16-17,24H2,1H3/p+1. The van der Waals surface area contributed by atoms with Crippen LogP contribution in [0.2, 0.25) is 0 Å². The van der Waals surface area contributed by atoms with Crippen molar-refractivity contribution in [1.82, 2.24) is 4.98 Å². The van der Waals surface area contributed by atoms with Gasteiger partial charge in [0.2, 0.25) is 0 Å². The van der Waals surface area contributed by atoms with E-state index in [4.69, 9.17) is 4.74 Å². The van der Waals surface area contributed by atoms with Gasteiger partial charge in [-0.1, -0.05) is 82.9 Å². The van der Waals surface area contributed by atoms with Crippen LogP contribution in [0.3, 0.4) is 0 Å². The van der Waals surface area contributed by atoms with Crippen LogP contribution >= 0.6 is 0 Å². The minimum Gasteiger partial charge on any atom is -0.461 e. The molecule has 0 aliphatic heterocycles. The number of unbranched alkanes of at least 4 members (excludes halogenated alkanes) is 9. The maximum atomic E-state index is 12.2. The Morgan fingerprint density at radius 2 is 1.63 bits per heavy atom. The Morgan fingerprint density at radius 1 is 1.00 bits per heavy atom. The molecule has 27 heavy (non-hydrogen) atoms. The molecule has 0 saturated carbocycles. The van der Waals surface area contributed by atoms with Crippen molar-refractivity contribution in [3.05, 3.63) is 36.0 Å². The summed E-state index contributed by atoms with van der Waals surface area (Å²) in [5.41, 5.74) is 6.22. The second-order valence-corrected chi connectivity index (χ2v) is 7.61. The molecule has 0 aliphatic carbocycles. The predicted octanol–water partition coefficient (Wildman–Crippen LogP) is 4.79.